The van der Waals surface area contributed by atoms with Gasteiger partial charge in [-0.2, -0.15) is 0 Å². The molecule has 1 fully saturated rings. The standard InChI is InChI=1S/C62H79N19O10S2/c1-34-53(84)77-49(28-41-30-68-33-72-41)59(90)78-47(25-36-12-4-3-5-13-36)57(88)76-44(18-10-22-69-61(64)65)54(85)79-48(27-40-29-71-43-17-9-8-16-42(40)43)58(89)80-50(52(63)83)31-92-93-32-51(60(91)73-34)81-55(86)45(19-11-23-70-62(66)67)75-56(87)46(74-35(2)82)26-37-20-21-38-14-6-7-15-39(38)24-37/h3-9,12-17,20-21,24,29-30,33-34,44-51,71H,10-11,18-19,22-23,25-28,31-32H2,1-2H3,(H2,63,83)(H,68,72)(H,73,91)(H,74,82)(H,75,87)(H,76,88)(H,77,84)(H,78,90)(H,79,85)(H,80,89)(H,81,86)(H4,64,65,69)(H4,66,67,70)/t34-,44+,45+,46+,47-,48+,49+,50+,51+/m1/s1. The summed E-state index contributed by atoms with van der Waals surface area (Å²) in [7, 11) is 1.95. The highest BCUT2D eigenvalue weighted by molar-refractivity contribution is 8.76. The molecule has 9 atom stereocenters. The van der Waals surface area contributed by atoms with Crippen LogP contribution in [0.3, 0.4) is 0 Å². The molecule has 31 heteroatoms. The maximum atomic E-state index is 14.8. The van der Waals surface area contributed by atoms with Crippen molar-refractivity contribution in [3.8, 4) is 0 Å². The molecule has 10 amide bonds. The third kappa shape index (κ3) is 22.0. The highest BCUT2D eigenvalue weighted by Gasteiger charge is 2.36. The van der Waals surface area contributed by atoms with Gasteiger partial charge in [-0.25, -0.2) is 4.98 Å². The molecule has 0 radical (unpaired) electrons. The quantitative estimate of drug-likeness (QED) is 0.0163. The van der Waals surface area contributed by atoms with E-state index in [-0.39, 0.29) is 87.9 Å². The number of para-hydroxylation sites is 1. The molecule has 0 aliphatic carbocycles. The third-order valence-corrected chi connectivity index (χ3v) is 17.4. The van der Waals surface area contributed by atoms with Crippen LogP contribution >= 0.6 is 21.6 Å². The number of nitrogens with zero attached hydrogens (tertiary/aromatic N) is 3. The third-order valence-electron chi connectivity index (χ3n) is 15.0. The Hall–Kier alpha value is -10.2. The maximum Gasteiger partial charge on any atom is 0.244 e. The molecule has 21 N–H and O–H groups in total. The summed E-state index contributed by atoms with van der Waals surface area (Å²) < 4.78 is 0. The summed E-state index contributed by atoms with van der Waals surface area (Å²) in [6.45, 7) is 2.66. The van der Waals surface area contributed by atoms with Gasteiger partial charge in [-0.05, 0) is 66.1 Å². The summed E-state index contributed by atoms with van der Waals surface area (Å²) in [6, 6.07) is 16.5. The van der Waals surface area contributed by atoms with Crippen LogP contribution in [0.25, 0.3) is 21.7 Å². The van der Waals surface area contributed by atoms with E-state index in [0.29, 0.717) is 22.4 Å². The number of aromatic nitrogens is 3. The van der Waals surface area contributed by atoms with Crippen molar-refractivity contribution < 1.29 is 47.9 Å². The van der Waals surface area contributed by atoms with Crippen LogP contribution in [-0.2, 0) is 73.6 Å². The molecule has 0 bridgehead atoms. The van der Waals surface area contributed by atoms with Gasteiger partial charge < -0.3 is 86.5 Å². The first-order valence-electron chi connectivity index (χ1n) is 30.0. The number of benzene rings is 4. The Morgan fingerprint density at radius 1 is 0.602 bits per heavy atom. The number of H-pyrrole nitrogens is 2. The number of hydrogen-bond donors (Lipinski definition) is 16. The van der Waals surface area contributed by atoms with Gasteiger partial charge in [0.25, 0.3) is 0 Å². The highest BCUT2D eigenvalue weighted by atomic mass is 33.1. The van der Waals surface area contributed by atoms with Crippen LogP contribution in [0.5, 0.6) is 0 Å². The van der Waals surface area contributed by atoms with E-state index in [9.17, 15) is 47.9 Å². The first-order valence-corrected chi connectivity index (χ1v) is 32.5. The number of fused-ring (bicyclic) bond motifs is 2. The minimum Gasteiger partial charge on any atom is -0.370 e. The topological polar surface area (TPSA) is 478 Å². The number of hydrogen-bond acceptors (Lipinski definition) is 15. The Kier molecular flexibility index (Phi) is 26.4. The van der Waals surface area contributed by atoms with Crippen molar-refractivity contribution >= 4 is 114 Å². The van der Waals surface area contributed by atoms with Crippen molar-refractivity contribution in [3.63, 3.8) is 0 Å². The summed E-state index contributed by atoms with van der Waals surface area (Å²) in [5.41, 5.74) is 31.4. The fourth-order valence-electron chi connectivity index (χ4n) is 10.1. The Morgan fingerprint density at radius 3 is 1.90 bits per heavy atom. The molecule has 7 rings (SSSR count). The lowest BCUT2D eigenvalue weighted by Crippen LogP contribution is -2.61. The number of carbonyl (C=O) groups excluding carboxylic acids is 10. The summed E-state index contributed by atoms with van der Waals surface area (Å²) in [5.74, 6) is -9.19. The number of rotatable bonds is 22. The molecule has 0 unspecified atom stereocenters. The number of guanidine groups is 2. The van der Waals surface area contributed by atoms with E-state index in [1.54, 1.807) is 42.6 Å². The van der Waals surface area contributed by atoms with Crippen LogP contribution in [0.4, 0.5) is 0 Å². The van der Waals surface area contributed by atoms with Gasteiger partial charge in [-0.3, -0.25) is 57.9 Å². The van der Waals surface area contributed by atoms with E-state index in [2.05, 4.69) is 72.8 Å². The predicted molar refractivity (Wildman–Crippen MR) is 355 cm³/mol. The number of carbonyl (C=O) groups is 10. The van der Waals surface area contributed by atoms with Crippen LogP contribution in [0.15, 0.2) is 126 Å². The van der Waals surface area contributed by atoms with Crippen molar-refractivity contribution in [2.24, 2.45) is 38.7 Å². The highest BCUT2D eigenvalue weighted by Crippen LogP contribution is 2.25. The number of aromatic amines is 2. The zero-order chi connectivity index (χ0) is 67.0. The number of nitrogens with one attached hydrogen (secondary N) is 11. The summed E-state index contributed by atoms with van der Waals surface area (Å²) >= 11 is 0. The molecular weight excluding hydrogens is 1230 g/mol. The fraction of sp³-hybridized carbons (Fsp3) is 0.371. The molecule has 1 saturated heterocycles. The van der Waals surface area contributed by atoms with Crippen LogP contribution < -0.4 is 76.5 Å². The van der Waals surface area contributed by atoms with Crippen LogP contribution in [0.1, 0.15) is 61.9 Å². The van der Waals surface area contributed by atoms with Crippen molar-refractivity contribution in [1.29, 1.82) is 0 Å². The van der Waals surface area contributed by atoms with Crippen LogP contribution in [-0.4, -0.2) is 165 Å². The molecule has 0 saturated carbocycles. The van der Waals surface area contributed by atoms with Crippen molar-refractivity contribution in [3.05, 3.63) is 138 Å². The number of nitrogens with two attached hydrogens (primary N) is 5. The van der Waals surface area contributed by atoms with Gasteiger partial charge in [0.15, 0.2) is 11.9 Å². The minimum atomic E-state index is -1.51. The fourth-order valence-corrected chi connectivity index (χ4v) is 12.5. The summed E-state index contributed by atoms with van der Waals surface area (Å²) in [4.78, 5) is 161. The van der Waals surface area contributed by atoms with Gasteiger partial charge in [-0.1, -0.05) is 113 Å². The van der Waals surface area contributed by atoms with Gasteiger partial charge in [0.1, 0.15) is 54.4 Å². The smallest absolute Gasteiger partial charge is 0.244 e. The molecule has 1 aliphatic rings. The molecule has 0 spiro atoms. The zero-order valence-corrected chi connectivity index (χ0v) is 52.9. The van der Waals surface area contributed by atoms with E-state index in [4.69, 9.17) is 28.7 Å². The molecular formula is C62H79N19O10S2. The van der Waals surface area contributed by atoms with Crippen molar-refractivity contribution in [1.82, 2.24) is 62.8 Å². The van der Waals surface area contributed by atoms with E-state index >= 15 is 0 Å². The molecule has 494 valence electrons. The van der Waals surface area contributed by atoms with Crippen molar-refractivity contribution in [2.45, 2.75) is 120 Å². The number of amides is 10. The van der Waals surface area contributed by atoms with E-state index in [1.807, 2.05) is 60.7 Å². The molecule has 93 heavy (non-hydrogen) atoms. The second-order valence-electron chi connectivity index (χ2n) is 22.2. The van der Waals surface area contributed by atoms with E-state index < -0.39 is 113 Å². The normalized spacial score (nSPS) is 20.4. The van der Waals surface area contributed by atoms with Gasteiger partial charge >= 0.3 is 0 Å². The predicted octanol–water partition coefficient (Wildman–Crippen LogP) is -1.29. The SMILES string of the molecule is CC(=O)N[C@@H](Cc1ccc2ccccc2c1)C(=O)N[C@@H](CCCN=C(N)N)C(=O)N[C@H]1CSSC[C@@H](C(N)=O)NC(=O)[C@H](Cc2c[nH]c3ccccc23)NC(=O)[C@H](CCCN=C(N)N)NC(=O)[C@@H](Cc2ccccc2)NC(=O)[C@H](Cc2cnc[nH]2)NC(=O)[C@@H](C)NC1=O. The average Bonchev–Trinajstić information content (AvgIpc) is 1.81. The van der Waals surface area contributed by atoms with E-state index in [0.717, 1.165) is 43.3 Å². The zero-order valence-electron chi connectivity index (χ0n) is 51.3. The molecule has 3 heterocycles. The lowest BCUT2D eigenvalue weighted by molar-refractivity contribution is -0.135. The van der Waals surface area contributed by atoms with Gasteiger partial charge in [0.2, 0.25) is 59.1 Å². The average molecular weight is 1310 g/mol. The maximum absolute atomic E-state index is 14.8. The lowest BCUT2D eigenvalue weighted by atomic mass is 10.0. The summed E-state index contributed by atoms with van der Waals surface area (Å²) in [6.07, 6.45) is 4.16. The second kappa shape index (κ2) is 34.9. The van der Waals surface area contributed by atoms with Crippen LogP contribution in [0.2, 0.25) is 0 Å². The monoisotopic (exact) mass is 1310 g/mol. The Morgan fingerprint density at radius 2 is 1.22 bits per heavy atom. The van der Waals surface area contributed by atoms with E-state index in [1.165, 1.54) is 26.4 Å². The molecule has 4 aromatic carbocycles. The first kappa shape index (κ1) is 70.3. The van der Waals surface area contributed by atoms with Gasteiger partial charge in [-0.15, -0.1) is 0 Å². The van der Waals surface area contributed by atoms with Crippen molar-refractivity contribution in [2.75, 3.05) is 24.6 Å². The lowest BCUT2D eigenvalue weighted by Gasteiger charge is -2.27. The van der Waals surface area contributed by atoms with Gasteiger partial charge in [0, 0.05) is 86.2 Å². The molecule has 29 nitrogen and oxygen atoms in total. The molecule has 1 aliphatic heterocycles. The number of imidazole rings is 1. The number of primary amides is 1. The number of aliphatic imine (C=N–C) groups is 2. The Balaban J connectivity index is 1.23. The Bertz CT molecular complexity index is 3660. The molecule has 2 aromatic heterocycles. The second-order valence-corrected chi connectivity index (χ2v) is 24.8. The van der Waals surface area contributed by atoms with Crippen LogP contribution in [0, 0.1) is 0 Å². The minimum absolute atomic E-state index is 0.0286. The Labute approximate surface area is 543 Å². The first-order chi connectivity index (χ1) is 44.6. The van der Waals surface area contributed by atoms with Gasteiger partial charge in [0.05, 0.1) is 6.33 Å². The molecule has 6 aromatic rings. The largest absolute Gasteiger partial charge is 0.370 e. The summed E-state index contributed by atoms with van der Waals surface area (Å²) in [5, 5.41) is 27.0.